The summed E-state index contributed by atoms with van der Waals surface area (Å²) >= 11 is 0. The Bertz CT molecular complexity index is 572. The van der Waals surface area contributed by atoms with Crippen LogP contribution in [-0.2, 0) is 24.3 Å². The summed E-state index contributed by atoms with van der Waals surface area (Å²) in [5.41, 5.74) is 2.74. The van der Waals surface area contributed by atoms with Gasteiger partial charge in [-0.25, -0.2) is 4.68 Å². The third-order valence-electron chi connectivity index (χ3n) is 2.79. The molecule has 0 bridgehead atoms. The molecular formula is C12H17N5O2. The zero-order valence-electron chi connectivity index (χ0n) is 11.1. The topological polar surface area (TPSA) is 85.8 Å². The van der Waals surface area contributed by atoms with Crippen LogP contribution in [0.1, 0.15) is 30.4 Å². The van der Waals surface area contributed by atoms with Crippen molar-refractivity contribution in [3.05, 3.63) is 29.3 Å². The monoisotopic (exact) mass is 263 g/mol. The maximum absolute atomic E-state index is 10.5. The second-order valence-electron chi connectivity index (χ2n) is 4.39. The van der Waals surface area contributed by atoms with Crippen LogP contribution in [0.25, 0.3) is 0 Å². The second kappa shape index (κ2) is 5.64. The van der Waals surface area contributed by atoms with Gasteiger partial charge < -0.3 is 5.11 Å². The van der Waals surface area contributed by atoms with Crippen LogP contribution in [-0.4, -0.2) is 35.9 Å². The average molecular weight is 263 g/mol. The minimum Gasteiger partial charge on any atom is -0.481 e. The van der Waals surface area contributed by atoms with Crippen molar-refractivity contribution in [3.63, 3.8) is 0 Å². The summed E-state index contributed by atoms with van der Waals surface area (Å²) in [6.45, 7) is 5.39. The SMILES string of the molecule is CCn1nc(C)cc1Cn1cc(CCC(=O)O)nn1. The van der Waals surface area contributed by atoms with Crippen molar-refractivity contribution >= 4 is 5.97 Å². The largest absolute Gasteiger partial charge is 0.481 e. The van der Waals surface area contributed by atoms with Crippen molar-refractivity contribution in [2.24, 2.45) is 0 Å². The zero-order valence-corrected chi connectivity index (χ0v) is 11.1. The molecule has 0 atom stereocenters. The lowest BCUT2D eigenvalue weighted by molar-refractivity contribution is -0.136. The number of aliphatic carboxylic acids is 1. The molecule has 7 nitrogen and oxygen atoms in total. The number of nitrogens with zero attached hydrogens (tertiary/aromatic N) is 5. The average Bonchev–Trinajstić information content (AvgIpc) is 2.94. The van der Waals surface area contributed by atoms with E-state index < -0.39 is 5.97 Å². The number of carboxylic acids is 1. The van der Waals surface area contributed by atoms with Gasteiger partial charge in [0.1, 0.15) is 0 Å². The lowest BCUT2D eigenvalue weighted by Gasteiger charge is -2.03. The molecule has 2 aromatic rings. The molecule has 0 spiro atoms. The fourth-order valence-electron chi connectivity index (χ4n) is 1.93. The van der Waals surface area contributed by atoms with E-state index in [1.54, 1.807) is 10.9 Å². The number of hydrogen-bond donors (Lipinski definition) is 1. The molecule has 2 aromatic heterocycles. The summed E-state index contributed by atoms with van der Waals surface area (Å²) < 4.78 is 3.63. The van der Waals surface area contributed by atoms with Crippen LogP contribution in [0, 0.1) is 6.92 Å². The van der Waals surface area contributed by atoms with Gasteiger partial charge in [0.25, 0.3) is 0 Å². The second-order valence-corrected chi connectivity index (χ2v) is 4.39. The fraction of sp³-hybridized carbons (Fsp3) is 0.500. The van der Waals surface area contributed by atoms with Gasteiger partial charge >= 0.3 is 5.97 Å². The highest BCUT2D eigenvalue weighted by Crippen LogP contribution is 2.06. The van der Waals surface area contributed by atoms with Crippen molar-refractivity contribution in [2.45, 2.75) is 39.8 Å². The highest BCUT2D eigenvalue weighted by atomic mass is 16.4. The van der Waals surface area contributed by atoms with Crippen molar-refractivity contribution in [2.75, 3.05) is 0 Å². The van der Waals surface area contributed by atoms with E-state index in [0.717, 1.165) is 17.9 Å². The van der Waals surface area contributed by atoms with Crippen molar-refractivity contribution in [1.82, 2.24) is 24.8 Å². The van der Waals surface area contributed by atoms with Crippen LogP contribution in [0.2, 0.25) is 0 Å². The first kappa shape index (κ1) is 13.3. The van der Waals surface area contributed by atoms with Crippen LogP contribution >= 0.6 is 0 Å². The molecule has 0 unspecified atom stereocenters. The Labute approximate surface area is 110 Å². The molecule has 0 amide bonds. The molecular weight excluding hydrogens is 246 g/mol. The van der Waals surface area contributed by atoms with Crippen LogP contribution in [0.3, 0.4) is 0 Å². The Balaban J connectivity index is 2.04. The molecule has 0 saturated heterocycles. The first-order valence-electron chi connectivity index (χ1n) is 6.22. The Kier molecular flexibility index (Phi) is 3.94. The van der Waals surface area contributed by atoms with Crippen molar-refractivity contribution < 1.29 is 9.90 Å². The highest BCUT2D eigenvalue weighted by Gasteiger charge is 2.08. The minimum absolute atomic E-state index is 0.0741. The van der Waals surface area contributed by atoms with E-state index >= 15 is 0 Å². The van der Waals surface area contributed by atoms with Crippen LogP contribution in [0.5, 0.6) is 0 Å². The van der Waals surface area contributed by atoms with Gasteiger partial charge in [0, 0.05) is 19.2 Å². The lowest BCUT2D eigenvalue weighted by atomic mass is 10.2. The molecule has 1 N–H and O–H groups in total. The summed E-state index contributed by atoms with van der Waals surface area (Å²) in [6.07, 6.45) is 2.26. The molecule has 2 heterocycles. The number of aryl methyl sites for hydroxylation is 3. The van der Waals surface area contributed by atoms with E-state index in [1.165, 1.54) is 0 Å². The first-order chi connectivity index (χ1) is 9.08. The standard InChI is InChI=1S/C12H17N5O2/c1-3-17-11(6-9(2)14-17)8-16-7-10(13-15-16)4-5-12(18)19/h6-7H,3-5,8H2,1-2H3,(H,18,19). The molecule has 102 valence electrons. The first-order valence-corrected chi connectivity index (χ1v) is 6.22. The van der Waals surface area contributed by atoms with Crippen LogP contribution in [0.4, 0.5) is 0 Å². The Morgan fingerprint density at radius 2 is 2.26 bits per heavy atom. The molecule has 0 aliphatic rings. The van der Waals surface area contributed by atoms with E-state index in [4.69, 9.17) is 5.11 Å². The summed E-state index contributed by atoms with van der Waals surface area (Å²) in [7, 11) is 0. The maximum Gasteiger partial charge on any atom is 0.303 e. The van der Waals surface area contributed by atoms with Crippen molar-refractivity contribution in [1.29, 1.82) is 0 Å². The van der Waals surface area contributed by atoms with Gasteiger partial charge in [-0.1, -0.05) is 5.21 Å². The van der Waals surface area contributed by atoms with E-state index in [1.807, 2.05) is 24.6 Å². The molecule has 0 aliphatic heterocycles. The van der Waals surface area contributed by atoms with E-state index in [9.17, 15) is 4.79 Å². The van der Waals surface area contributed by atoms with Gasteiger partial charge in [-0.15, -0.1) is 5.10 Å². The van der Waals surface area contributed by atoms with Crippen molar-refractivity contribution in [3.8, 4) is 0 Å². The van der Waals surface area contributed by atoms with Gasteiger partial charge in [-0.05, 0) is 19.9 Å². The number of hydrogen-bond acceptors (Lipinski definition) is 4. The lowest BCUT2D eigenvalue weighted by Crippen LogP contribution is -2.08. The van der Waals surface area contributed by atoms with Gasteiger partial charge in [-0.2, -0.15) is 5.10 Å². The number of rotatable bonds is 6. The maximum atomic E-state index is 10.5. The summed E-state index contributed by atoms with van der Waals surface area (Å²) in [4.78, 5) is 10.5. The van der Waals surface area contributed by atoms with Gasteiger partial charge in [0.05, 0.1) is 30.0 Å². The normalized spacial score (nSPS) is 10.8. The predicted octanol–water partition coefficient (Wildman–Crippen LogP) is 0.868. The summed E-state index contributed by atoms with van der Waals surface area (Å²) in [5, 5.41) is 21.0. The molecule has 0 radical (unpaired) electrons. The quantitative estimate of drug-likeness (QED) is 0.835. The summed E-state index contributed by atoms with van der Waals surface area (Å²) in [6, 6.07) is 2.02. The van der Waals surface area contributed by atoms with E-state index in [-0.39, 0.29) is 6.42 Å². The highest BCUT2D eigenvalue weighted by molar-refractivity contribution is 5.66. The van der Waals surface area contributed by atoms with Crippen LogP contribution < -0.4 is 0 Å². The predicted molar refractivity (Wildman–Crippen MR) is 67.7 cm³/mol. The molecule has 0 aliphatic carbocycles. The molecule has 0 saturated carbocycles. The van der Waals surface area contributed by atoms with Gasteiger partial charge in [0.2, 0.25) is 0 Å². The minimum atomic E-state index is -0.825. The summed E-state index contributed by atoms with van der Waals surface area (Å²) in [5.74, 6) is -0.825. The number of carbonyl (C=O) groups is 1. The molecule has 2 rings (SSSR count). The fourth-order valence-corrected chi connectivity index (χ4v) is 1.93. The smallest absolute Gasteiger partial charge is 0.303 e. The van der Waals surface area contributed by atoms with Gasteiger partial charge in [-0.3, -0.25) is 9.48 Å². The molecule has 19 heavy (non-hydrogen) atoms. The third kappa shape index (κ3) is 3.40. The Hall–Kier alpha value is -2.18. The third-order valence-corrected chi connectivity index (χ3v) is 2.79. The van der Waals surface area contributed by atoms with E-state index in [2.05, 4.69) is 15.4 Å². The van der Waals surface area contributed by atoms with E-state index in [0.29, 0.717) is 18.7 Å². The zero-order chi connectivity index (χ0) is 13.8. The number of aromatic nitrogens is 5. The Morgan fingerprint density at radius 1 is 1.47 bits per heavy atom. The molecule has 0 aromatic carbocycles. The van der Waals surface area contributed by atoms with Crippen LogP contribution in [0.15, 0.2) is 12.3 Å². The molecule has 0 fully saturated rings. The van der Waals surface area contributed by atoms with Gasteiger partial charge in [0.15, 0.2) is 0 Å². The number of carboxylic acid groups (broad SMARTS) is 1. The Morgan fingerprint density at radius 3 is 2.95 bits per heavy atom. The molecule has 7 heteroatoms.